The summed E-state index contributed by atoms with van der Waals surface area (Å²) in [6.07, 6.45) is 5.45. The van der Waals surface area contributed by atoms with Gasteiger partial charge < -0.3 is 0 Å². The zero-order chi connectivity index (χ0) is 14.4. The van der Waals surface area contributed by atoms with Crippen molar-refractivity contribution in [2.75, 3.05) is 14.1 Å². The van der Waals surface area contributed by atoms with Crippen LogP contribution in [0.1, 0.15) is 24.5 Å². The Morgan fingerprint density at radius 3 is 2.00 bits per heavy atom. The average Bonchev–Trinajstić information content (AvgIpc) is 2.49. The van der Waals surface area contributed by atoms with Gasteiger partial charge >= 0.3 is 0 Å². The van der Waals surface area contributed by atoms with Crippen molar-refractivity contribution in [1.29, 1.82) is 0 Å². The summed E-state index contributed by atoms with van der Waals surface area (Å²) >= 11 is 0. The van der Waals surface area contributed by atoms with E-state index in [1.165, 1.54) is 11.1 Å². The maximum absolute atomic E-state index is 2.29. The van der Waals surface area contributed by atoms with Crippen LogP contribution in [0, 0.1) is 0 Å². The lowest BCUT2D eigenvalue weighted by molar-refractivity contribution is 0.177. The monoisotopic (exact) mass is 265 g/mol. The molecule has 1 unspecified atom stereocenters. The molecule has 2 aromatic carbocycles. The van der Waals surface area contributed by atoms with Crippen LogP contribution in [0.5, 0.6) is 0 Å². The molecule has 2 rings (SSSR count). The molecule has 1 atom stereocenters. The third kappa shape index (κ3) is 3.37. The van der Waals surface area contributed by atoms with Crippen LogP contribution in [0.3, 0.4) is 0 Å². The summed E-state index contributed by atoms with van der Waals surface area (Å²) in [6, 6.07) is 21.1. The number of rotatable bonds is 5. The maximum Gasteiger partial charge on any atom is 0.0461 e. The number of nitrogens with zero attached hydrogens (tertiary/aromatic N) is 1. The SMILES string of the molecule is CN(C)C(C)(C/C=C/c1ccccc1)c1ccccc1. The standard InChI is InChI=1S/C19H23N/c1-19(20(2)3,18-14-8-5-9-15-18)16-10-13-17-11-6-4-7-12-17/h4-15H,16H2,1-3H3/b13-10+. The van der Waals surface area contributed by atoms with E-state index in [0.717, 1.165) is 6.42 Å². The van der Waals surface area contributed by atoms with Gasteiger partial charge in [-0.2, -0.15) is 0 Å². The fraction of sp³-hybridized carbons (Fsp3) is 0.263. The van der Waals surface area contributed by atoms with Gasteiger partial charge in [-0.05, 0) is 38.6 Å². The summed E-state index contributed by atoms with van der Waals surface area (Å²) in [6.45, 7) is 2.29. The largest absolute Gasteiger partial charge is 0.300 e. The Morgan fingerprint density at radius 2 is 1.45 bits per heavy atom. The highest BCUT2D eigenvalue weighted by Gasteiger charge is 2.27. The lowest BCUT2D eigenvalue weighted by Crippen LogP contribution is -2.38. The van der Waals surface area contributed by atoms with Gasteiger partial charge in [-0.25, -0.2) is 0 Å². The molecule has 1 nitrogen and oxygen atoms in total. The van der Waals surface area contributed by atoms with Crippen LogP contribution >= 0.6 is 0 Å². The summed E-state index contributed by atoms with van der Waals surface area (Å²) in [5.74, 6) is 0. The molecule has 0 bridgehead atoms. The van der Waals surface area contributed by atoms with Gasteiger partial charge in [0.2, 0.25) is 0 Å². The van der Waals surface area contributed by atoms with Crippen molar-refractivity contribution in [3.05, 3.63) is 77.9 Å². The van der Waals surface area contributed by atoms with Crippen molar-refractivity contribution >= 4 is 6.08 Å². The molecule has 0 amide bonds. The molecule has 0 aliphatic rings. The highest BCUT2D eigenvalue weighted by molar-refractivity contribution is 5.49. The van der Waals surface area contributed by atoms with Gasteiger partial charge in [0.25, 0.3) is 0 Å². The lowest BCUT2D eigenvalue weighted by atomic mass is 9.87. The Kier molecular flexibility index (Phi) is 4.75. The smallest absolute Gasteiger partial charge is 0.0461 e. The minimum Gasteiger partial charge on any atom is -0.300 e. The van der Waals surface area contributed by atoms with Gasteiger partial charge in [-0.1, -0.05) is 72.8 Å². The highest BCUT2D eigenvalue weighted by Crippen LogP contribution is 2.30. The summed E-state index contributed by atoms with van der Waals surface area (Å²) in [4.78, 5) is 2.29. The van der Waals surface area contributed by atoms with Crippen LogP contribution < -0.4 is 0 Å². The molecule has 2 aromatic rings. The zero-order valence-electron chi connectivity index (χ0n) is 12.6. The first-order chi connectivity index (χ1) is 9.63. The Hall–Kier alpha value is -1.86. The third-order valence-corrected chi connectivity index (χ3v) is 4.01. The summed E-state index contributed by atoms with van der Waals surface area (Å²) in [5.41, 5.74) is 2.62. The van der Waals surface area contributed by atoms with Crippen molar-refractivity contribution in [3.8, 4) is 0 Å². The topological polar surface area (TPSA) is 3.24 Å². The van der Waals surface area contributed by atoms with Crippen molar-refractivity contribution < 1.29 is 0 Å². The van der Waals surface area contributed by atoms with E-state index in [4.69, 9.17) is 0 Å². The zero-order valence-corrected chi connectivity index (χ0v) is 12.6. The van der Waals surface area contributed by atoms with Crippen molar-refractivity contribution in [1.82, 2.24) is 4.90 Å². The molecule has 0 radical (unpaired) electrons. The van der Waals surface area contributed by atoms with Crippen molar-refractivity contribution in [3.63, 3.8) is 0 Å². The molecular weight excluding hydrogens is 242 g/mol. The molecule has 0 spiro atoms. The molecular formula is C19H23N. The summed E-state index contributed by atoms with van der Waals surface area (Å²) in [7, 11) is 4.28. The lowest BCUT2D eigenvalue weighted by Gasteiger charge is -2.36. The van der Waals surface area contributed by atoms with Gasteiger partial charge in [0.05, 0.1) is 0 Å². The van der Waals surface area contributed by atoms with Crippen LogP contribution in [0.2, 0.25) is 0 Å². The van der Waals surface area contributed by atoms with Gasteiger partial charge in [-0.15, -0.1) is 0 Å². The third-order valence-electron chi connectivity index (χ3n) is 4.01. The molecule has 0 aromatic heterocycles. The van der Waals surface area contributed by atoms with Gasteiger partial charge in [0.15, 0.2) is 0 Å². The molecule has 0 aliphatic heterocycles. The molecule has 0 N–H and O–H groups in total. The highest BCUT2D eigenvalue weighted by atomic mass is 15.1. The average molecular weight is 265 g/mol. The van der Waals surface area contributed by atoms with E-state index in [0.29, 0.717) is 0 Å². The van der Waals surface area contributed by atoms with Crippen molar-refractivity contribution in [2.45, 2.75) is 18.9 Å². The van der Waals surface area contributed by atoms with E-state index >= 15 is 0 Å². The first-order valence-corrected chi connectivity index (χ1v) is 7.07. The number of hydrogen-bond acceptors (Lipinski definition) is 1. The van der Waals surface area contributed by atoms with E-state index < -0.39 is 0 Å². The van der Waals surface area contributed by atoms with E-state index in [1.807, 2.05) is 6.07 Å². The van der Waals surface area contributed by atoms with E-state index in [2.05, 4.69) is 92.7 Å². The second-order valence-electron chi connectivity index (χ2n) is 5.55. The van der Waals surface area contributed by atoms with Crippen LogP contribution in [0.15, 0.2) is 66.7 Å². The fourth-order valence-corrected chi connectivity index (χ4v) is 2.34. The van der Waals surface area contributed by atoms with Crippen molar-refractivity contribution in [2.24, 2.45) is 0 Å². The minimum atomic E-state index is 0.0204. The van der Waals surface area contributed by atoms with Gasteiger partial charge in [-0.3, -0.25) is 4.90 Å². The first kappa shape index (κ1) is 14.5. The summed E-state index contributed by atoms with van der Waals surface area (Å²) < 4.78 is 0. The maximum atomic E-state index is 2.29. The Morgan fingerprint density at radius 1 is 0.900 bits per heavy atom. The first-order valence-electron chi connectivity index (χ1n) is 7.07. The van der Waals surface area contributed by atoms with E-state index in [-0.39, 0.29) is 5.54 Å². The Balaban J connectivity index is 2.17. The normalized spacial score (nSPS) is 14.6. The fourth-order valence-electron chi connectivity index (χ4n) is 2.34. The molecule has 0 fully saturated rings. The minimum absolute atomic E-state index is 0.0204. The second-order valence-corrected chi connectivity index (χ2v) is 5.55. The second kappa shape index (κ2) is 6.53. The van der Waals surface area contributed by atoms with Crippen LogP contribution in [0.4, 0.5) is 0 Å². The Bertz CT molecular complexity index is 542. The van der Waals surface area contributed by atoms with Crippen LogP contribution in [-0.4, -0.2) is 19.0 Å². The van der Waals surface area contributed by atoms with Crippen LogP contribution in [-0.2, 0) is 5.54 Å². The molecule has 0 saturated heterocycles. The molecule has 1 heteroatoms. The Labute approximate surface area is 122 Å². The molecule has 0 aliphatic carbocycles. The molecule has 20 heavy (non-hydrogen) atoms. The van der Waals surface area contributed by atoms with E-state index in [1.54, 1.807) is 0 Å². The van der Waals surface area contributed by atoms with E-state index in [9.17, 15) is 0 Å². The number of hydrogen-bond donors (Lipinski definition) is 0. The predicted molar refractivity (Wildman–Crippen MR) is 87.6 cm³/mol. The summed E-state index contributed by atoms with van der Waals surface area (Å²) in [5, 5.41) is 0. The predicted octanol–water partition coefficient (Wildman–Crippen LogP) is 4.57. The van der Waals surface area contributed by atoms with Crippen LogP contribution in [0.25, 0.3) is 6.08 Å². The quantitative estimate of drug-likeness (QED) is 0.765. The van der Waals surface area contributed by atoms with Gasteiger partial charge in [0, 0.05) is 5.54 Å². The molecule has 104 valence electrons. The molecule has 0 saturated carbocycles. The van der Waals surface area contributed by atoms with Gasteiger partial charge in [0.1, 0.15) is 0 Å². The molecule has 0 heterocycles. The number of benzene rings is 2.